The molecule has 0 aromatic carbocycles. The summed E-state index contributed by atoms with van der Waals surface area (Å²) in [4.78, 5) is 26.2. The van der Waals surface area contributed by atoms with Crippen molar-refractivity contribution in [1.82, 2.24) is 4.98 Å². The average Bonchev–Trinajstić information content (AvgIpc) is 2.71. The van der Waals surface area contributed by atoms with Gasteiger partial charge in [0.25, 0.3) is 0 Å². The van der Waals surface area contributed by atoms with Crippen LogP contribution in [-0.2, 0) is 14.3 Å². The molecule has 0 fully saturated rings. The van der Waals surface area contributed by atoms with Crippen LogP contribution in [-0.4, -0.2) is 37.2 Å². The Hall–Kier alpha value is -1.47. The summed E-state index contributed by atoms with van der Waals surface area (Å²) in [6.07, 6.45) is 0.644. The molecule has 1 N–H and O–H groups in total. The second kappa shape index (κ2) is 6.97. The predicted molar refractivity (Wildman–Crippen MR) is 63.2 cm³/mol. The largest absolute Gasteiger partial charge is 0.461 e. The van der Waals surface area contributed by atoms with Gasteiger partial charge in [-0.25, -0.2) is 9.78 Å². The highest BCUT2D eigenvalue weighted by atomic mass is 32.1. The van der Waals surface area contributed by atoms with Gasteiger partial charge in [-0.15, -0.1) is 11.3 Å². The minimum Gasteiger partial charge on any atom is -0.461 e. The molecule has 0 spiro atoms. The van der Waals surface area contributed by atoms with Crippen molar-refractivity contribution in [3.8, 4) is 0 Å². The minimum atomic E-state index is -0.492. The maximum absolute atomic E-state index is 11.5. The topological polar surface area (TPSA) is 77.5 Å². The summed E-state index contributed by atoms with van der Waals surface area (Å²) in [6, 6.07) is 0. The Bertz CT molecular complexity index is 391. The number of thiazole rings is 1. The van der Waals surface area contributed by atoms with Crippen LogP contribution in [0.5, 0.6) is 0 Å². The fraction of sp³-hybridized carbons (Fsp3) is 0.500. The lowest BCUT2D eigenvalue weighted by Gasteiger charge is -2.01. The minimum absolute atomic E-state index is 0.205. The maximum atomic E-state index is 11.5. The quantitative estimate of drug-likeness (QED) is 0.614. The standard InChI is InChI=1S/C10H14N2O4S/c1-7(13)11-10-12-8(6-17-10)9(14)16-5-3-4-15-2/h6H,3-5H2,1-2H3,(H,11,12,13). The van der Waals surface area contributed by atoms with Crippen molar-refractivity contribution in [3.05, 3.63) is 11.1 Å². The van der Waals surface area contributed by atoms with E-state index in [1.807, 2.05) is 0 Å². The van der Waals surface area contributed by atoms with Crippen LogP contribution in [0.25, 0.3) is 0 Å². The summed E-state index contributed by atoms with van der Waals surface area (Å²) in [5.41, 5.74) is 0.205. The lowest BCUT2D eigenvalue weighted by Crippen LogP contribution is -2.09. The monoisotopic (exact) mass is 258 g/mol. The molecular weight excluding hydrogens is 244 g/mol. The number of hydrogen-bond acceptors (Lipinski definition) is 6. The van der Waals surface area contributed by atoms with E-state index in [1.54, 1.807) is 12.5 Å². The molecule has 1 rings (SSSR count). The summed E-state index contributed by atoms with van der Waals surface area (Å²) < 4.78 is 9.79. The van der Waals surface area contributed by atoms with E-state index in [9.17, 15) is 9.59 Å². The summed E-state index contributed by atoms with van der Waals surface area (Å²) in [6.45, 7) is 2.21. The number of rotatable bonds is 6. The zero-order valence-corrected chi connectivity index (χ0v) is 10.5. The molecule has 1 heterocycles. The van der Waals surface area contributed by atoms with Gasteiger partial charge in [0.15, 0.2) is 10.8 Å². The third-order valence-electron chi connectivity index (χ3n) is 1.72. The Morgan fingerprint density at radius 1 is 1.47 bits per heavy atom. The Morgan fingerprint density at radius 2 is 2.24 bits per heavy atom. The van der Waals surface area contributed by atoms with Crippen molar-refractivity contribution in [2.24, 2.45) is 0 Å². The van der Waals surface area contributed by atoms with E-state index in [2.05, 4.69) is 10.3 Å². The molecule has 6 nitrogen and oxygen atoms in total. The Labute approximate surface area is 103 Å². The molecular formula is C10H14N2O4S. The molecule has 7 heteroatoms. The normalized spacial score (nSPS) is 10.0. The van der Waals surface area contributed by atoms with E-state index in [4.69, 9.17) is 9.47 Å². The molecule has 1 aromatic rings. The van der Waals surface area contributed by atoms with Crippen LogP contribution in [0.3, 0.4) is 0 Å². The Balaban J connectivity index is 2.41. The molecule has 0 unspecified atom stereocenters. The van der Waals surface area contributed by atoms with Crippen LogP contribution in [0.2, 0.25) is 0 Å². The fourth-order valence-corrected chi connectivity index (χ4v) is 1.74. The molecule has 0 aliphatic rings. The molecule has 0 saturated heterocycles. The molecule has 0 atom stereocenters. The highest BCUT2D eigenvalue weighted by Crippen LogP contribution is 2.15. The average molecular weight is 258 g/mol. The number of amides is 1. The first kappa shape index (κ1) is 13.6. The fourth-order valence-electron chi connectivity index (χ4n) is 1.02. The van der Waals surface area contributed by atoms with E-state index < -0.39 is 5.97 Å². The number of esters is 1. The number of nitrogens with zero attached hydrogens (tertiary/aromatic N) is 1. The molecule has 0 radical (unpaired) electrons. The summed E-state index contributed by atoms with van der Waals surface area (Å²) in [5, 5.41) is 4.43. The van der Waals surface area contributed by atoms with Gasteiger partial charge in [-0.1, -0.05) is 0 Å². The molecule has 94 valence electrons. The number of hydrogen-bond donors (Lipinski definition) is 1. The summed E-state index contributed by atoms with van der Waals surface area (Å²) in [5.74, 6) is -0.715. The molecule has 0 aliphatic heterocycles. The first-order valence-corrected chi connectivity index (χ1v) is 5.90. The van der Waals surface area contributed by atoms with Crippen LogP contribution in [0.15, 0.2) is 5.38 Å². The zero-order chi connectivity index (χ0) is 12.7. The van der Waals surface area contributed by atoms with Gasteiger partial charge in [0, 0.05) is 32.4 Å². The van der Waals surface area contributed by atoms with Gasteiger partial charge in [-0.3, -0.25) is 4.79 Å². The van der Waals surface area contributed by atoms with Crippen molar-refractivity contribution in [3.63, 3.8) is 0 Å². The summed E-state index contributed by atoms with van der Waals surface area (Å²) in [7, 11) is 1.59. The van der Waals surface area contributed by atoms with Gasteiger partial charge in [0.2, 0.25) is 5.91 Å². The van der Waals surface area contributed by atoms with E-state index in [1.165, 1.54) is 18.3 Å². The first-order chi connectivity index (χ1) is 8.13. The van der Waals surface area contributed by atoms with Crippen molar-refractivity contribution >= 4 is 28.3 Å². The van der Waals surface area contributed by atoms with Gasteiger partial charge >= 0.3 is 5.97 Å². The van der Waals surface area contributed by atoms with Gasteiger partial charge < -0.3 is 14.8 Å². The molecule has 1 aromatic heterocycles. The van der Waals surface area contributed by atoms with Crippen molar-refractivity contribution in [2.45, 2.75) is 13.3 Å². The number of carbonyl (C=O) groups excluding carboxylic acids is 2. The SMILES string of the molecule is COCCCOC(=O)c1csc(NC(C)=O)n1. The van der Waals surface area contributed by atoms with Gasteiger partial charge in [-0.2, -0.15) is 0 Å². The summed E-state index contributed by atoms with van der Waals surface area (Å²) >= 11 is 1.18. The number of aromatic nitrogens is 1. The highest BCUT2D eigenvalue weighted by Gasteiger charge is 2.12. The Kier molecular flexibility index (Phi) is 5.58. The Morgan fingerprint density at radius 3 is 2.88 bits per heavy atom. The smallest absolute Gasteiger partial charge is 0.357 e. The second-order valence-corrected chi connectivity index (χ2v) is 4.06. The third kappa shape index (κ3) is 4.92. The maximum Gasteiger partial charge on any atom is 0.357 e. The molecule has 0 aliphatic carbocycles. The van der Waals surface area contributed by atoms with Crippen molar-refractivity contribution in [1.29, 1.82) is 0 Å². The van der Waals surface area contributed by atoms with E-state index in [-0.39, 0.29) is 11.6 Å². The predicted octanol–water partition coefficient (Wildman–Crippen LogP) is 1.29. The van der Waals surface area contributed by atoms with Crippen LogP contribution in [0, 0.1) is 0 Å². The lowest BCUT2D eigenvalue weighted by molar-refractivity contribution is -0.114. The van der Waals surface area contributed by atoms with Crippen molar-refractivity contribution in [2.75, 3.05) is 25.6 Å². The number of anilines is 1. The van der Waals surface area contributed by atoms with E-state index in [0.29, 0.717) is 24.8 Å². The zero-order valence-electron chi connectivity index (χ0n) is 9.69. The number of carbonyl (C=O) groups is 2. The number of methoxy groups -OCH3 is 1. The van der Waals surface area contributed by atoms with Crippen LogP contribution >= 0.6 is 11.3 Å². The highest BCUT2D eigenvalue weighted by molar-refractivity contribution is 7.14. The van der Waals surface area contributed by atoms with Crippen LogP contribution in [0.4, 0.5) is 5.13 Å². The van der Waals surface area contributed by atoms with Gasteiger partial charge in [0.05, 0.1) is 6.61 Å². The van der Waals surface area contributed by atoms with Gasteiger partial charge in [-0.05, 0) is 0 Å². The molecule has 1 amide bonds. The lowest BCUT2D eigenvalue weighted by atomic mass is 10.4. The molecule has 0 saturated carbocycles. The van der Waals surface area contributed by atoms with Crippen molar-refractivity contribution < 1.29 is 19.1 Å². The van der Waals surface area contributed by atoms with Crippen LogP contribution < -0.4 is 5.32 Å². The number of nitrogens with one attached hydrogen (secondary N) is 1. The molecule has 17 heavy (non-hydrogen) atoms. The van der Waals surface area contributed by atoms with E-state index in [0.717, 1.165) is 0 Å². The first-order valence-electron chi connectivity index (χ1n) is 5.02. The van der Waals surface area contributed by atoms with Crippen LogP contribution in [0.1, 0.15) is 23.8 Å². The third-order valence-corrected chi connectivity index (χ3v) is 2.48. The van der Waals surface area contributed by atoms with E-state index >= 15 is 0 Å². The number of ether oxygens (including phenoxy) is 2. The van der Waals surface area contributed by atoms with Gasteiger partial charge in [0.1, 0.15) is 0 Å². The second-order valence-electron chi connectivity index (χ2n) is 3.20. The molecule has 0 bridgehead atoms.